The van der Waals surface area contributed by atoms with E-state index >= 15 is 0 Å². The fraction of sp³-hybridized carbons (Fsp3) is 0.464. The van der Waals surface area contributed by atoms with Gasteiger partial charge in [-0.15, -0.1) is 0 Å². The molecule has 1 aliphatic carbocycles. The monoisotopic (exact) mass is 587 g/mol. The lowest BCUT2D eigenvalue weighted by atomic mass is 9.89. The van der Waals surface area contributed by atoms with Crippen LogP contribution in [0.3, 0.4) is 0 Å². The molecule has 0 saturated heterocycles. The molecular weight excluding hydrogens is 552 g/mol. The molecule has 0 bridgehead atoms. The number of carbonyl (C=O) groups is 2. The molecule has 2 atom stereocenters. The molecular formula is C28H35F6N5O2. The van der Waals surface area contributed by atoms with Gasteiger partial charge in [0.05, 0.1) is 29.6 Å². The average molecular weight is 588 g/mol. The molecule has 0 aromatic carbocycles. The SMILES string of the molecule is CN.C\C(F)=C/C(F)=C(\C=C(/C)F)CC(N)CC(=O)N1CCn2c(C(F)(F)F)nc(C3=CC(C=O)=CC(C)C3)c2C1. The first-order chi connectivity index (χ1) is 19.2. The van der Waals surface area contributed by atoms with E-state index in [0.29, 0.717) is 29.9 Å². The smallest absolute Gasteiger partial charge is 0.335 e. The Morgan fingerprint density at radius 1 is 1.12 bits per heavy atom. The molecule has 2 heterocycles. The van der Waals surface area contributed by atoms with E-state index in [1.54, 1.807) is 6.08 Å². The number of nitrogens with two attached hydrogens (primary N) is 2. The summed E-state index contributed by atoms with van der Waals surface area (Å²) in [6, 6.07) is -0.971. The maximum atomic E-state index is 14.4. The van der Waals surface area contributed by atoms with Crippen LogP contribution in [0.4, 0.5) is 26.3 Å². The van der Waals surface area contributed by atoms with Gasteiger partial charge in [0.15, 0.2) is 0 Å². The van der Waals surface area contributed by atoms with Crippen molar-refractivity contribution in [2.45, 2.75) is 65.3 Å². The van der Waals surface area contributed by atoms with Crippen LogP contribution in [0.15, 0.2) is 52.9 Å². The standard InChI is InChI=1S/C27H30F6N4O2.CH5N/c1-15-6-18(14-38)10-20(7-15)25-23-13-36(4-5-37(23)26(35-25)27(31,32)33)24(39)12-21(34)11-19(8-16(2)28)22(30)9-17(3)29;1-2/h6,8-10,14-15,21H,4-5,7,11-13,34H2,1-3H3;2H2,1H3/b16-8+,17-9+,22-19-;. The number of imidazole rings is 1. The quantitative estimate of drug-likeness (QED) is 0.239. The van der Waals surface area contributed by atoms with Crippen LogP contribution >= 0.6 is 0 Å². The van der Waals surface area contributed by atoms with Gasteiger partial charge >= 0.3 is 6.18 Å². The Hall–Kier alpha value is -3.45. The Morgan fingerprint density at radius 2 is 1.76 bits per heavy atom. The second-order valence-electron chi connectivity index (χ2n) is 9.83. The molecule has 0 fully saturated rings. The summed E-state index contributed by atoms with van der Waals surface area (Å²) >= 11 is 0. The highest BCUT2D eigenvalue weighted by molar-refractivity contribution is 5.85. The fourth-order valence-electron chi connectivity index (χ4n) is 4.78. The molecule has 226 valence electrons. The summed E-state index contributed by atoms with van der Waals surface area (Å²) in [6.45, 7) is 3.54. The summed E-state index contributed by atoms with van der Waals surface area (Å²) in [5, 5.41) is 0. The van der Waals surface area contributed by atoms with E-state index in [0.717, 1.165) is 24.5 Å². The van der Waals surface area contributed by atoms with Crippen LogP contribution in [0.2, 0.25) is 0 Å². The summed E-state index contributed by atoms with van der Waals surface area (Å²) in [6.07, 6.45) is 0.353. The van der Waals surface area contributed by atoms with Crippen molar-refractivity contribution in [3.8, 4) is 0 Å². The Morgan fingerprint density at radius 3 is 2.32 bits per heavy atom. The van der Waals surface area contributed by atoms with Gasteiger partial charge in [0, 0.05) is 37.2 Å². The van der Waals surface area contributed by atoms with Gasteiger partial charge in [-0.1, -0.05) is 13.0 Å². The van der Waals surface area contributed by atoms with Crippen molar-refractivity contribution in [1.29, 1.82) is 0 Å². The molecule has 1 aliphatic heterocycles. The van der Waals surface area contributed by atoms with Crippen molar-refractivity contribution in [3.05, 3.63) is 70.1 Å². The van der Waals surface area contributed by atoms with Crippen LogP contribution < -0.4 is 11.5 Å². The number of alkyl halides is 3. The Kier molecular flexibility index (Phi) is 11.9. The van der Waals surface area contributed by atoms with Crippen molar-refractivity contribution in [2.75, 3.05) is 13.6 Å². The molecule has 1 aromatic heterocycles. The summed E-state index contributed by atoms with van der Waals surface area (Å²) in [5.74, 6) is -4.28. The molecule has 4 N–H and O–H groups in total. The van der Waals surface area contributed by atoms with Crippen LogP contribution in [0.1, 0.15) is 57.2 Å². The largest absolute Gasteiger partial charge is 0.449 e. The predicted molar refractivity (Wildman–Crippen MR) is 144 cm³/mol. The number of amides is 1. The maximum absolute atomic E-state index is 14.4. The van der Waals surface area contributed by atoms with E-state index in [9.17, 15) is 35.9 Å². The lowest BCUT2D eigenvalue weighted by molar-refractivity contribution is -0.148. The molecule has 2 aliphatic rings. The molecule has 0 spiro atoms. The van der Waals surface area contributed by atoms with Crippen molar-refractivity contribution in [1.82, 2.24) is 14.5 Å². The van der Waals surface area contributed by atoms with Crippen LogP contribution in [-0.4, -0.2) is 46.3 Å². The lowest BCUT2D eigenvalue weighted by Crippen LogP contribution is -2.41. The summed E-state index contributed by atoms with van der Waals surface area (Å²) in [5.41, 5.74) is 11.4. The molecule has 1 aromatic rings. The average Bonchev–Trinajstić information content (AvgIpc) is 3.28. The van der Waals surface area contributed by atoms with Gasteiger partial charge in [-0.05, 0) is 63.0 Å². The van der Waals surface area contributed by atoms with Crippen molar-refractivity contribution in [2.24, 2.45) is 17.4 Å². The fourth-order valence-corrected chi connectivity index (χ4v) is 4.78. The number of aldehydes is 1. The number of rotatable bonds is 8. The number of allylic oxidation sites excluding steroid dienone is 9. The van der Waals surface area contributed by atoms with Gasteiger partial charge in [-0.3, -0.25) is 9.59 Å². The second-order valence-corrected chi connectivity index (χ2v) is 9.83. The topological polar surface area (TPSA) is 107 Å². The van der Waals surface area contributed by atoms with Gasteiger partial charge in [-0.25, -0.2) is 18.2 Å². The third kappa shape index (κ3) is 9.02. The van der Waals surface area contributed by atoms with Gasteiger partial charge < -0.3 is 20.9 Å². The van der Waals surface area contributed by atoms with Crippen LogP contribution in [-0.2, 0) is 28.9 Å². The first kappa shape index (κ1) is 33.8. The zero-order chi connectivity index (χ0) is 31.1. The number of fused-ring (bicyclic) bond motifs is 1. The summed E-state index contributed by atoms with van der Waals surface area (Å²) in [7, 11) is 1.50. The van der Waals surface area contributed by atoms with Crippen LogP contribution in [0.25, 0.3) is 5.57 Å². The summed E-state index contributed by atoms with van der Waals surface area (Å²) in [4.78, 5) is 29.6. The molecule has 13 heteroatoms. The number of carbonyl (C=O) groups excluding carboxylic acids is 2. The Labute approximate surface area is 234 Å². The lowest BCUT2D eigenvalue weighted by Gasteiger charge is -2.31. The van der Waals surface area contributed by atoms with E-state index in [1.807, 2.05) is 6.92 Å². The first-order valence-corrected chi connectivity index (χ1v) is 12.9. The molecule has 7 nitrogen and oxygen atoms in total. The molecule has 1 amide bonds. The molecule has 2 unspecified atom stereocenters. The molecule has 0 saturated carbocycles. The third-order valence-electron chi connectivity index (χ3n) is 6.34. The number of hydrogen-bond donors (Lipinski definition) is 2. The van der Waals surface area contributed by atoms with Gasteiger partial charge in [0.25, 0.3) is 0 Å². The van der Waals surface area contributed by atoms with Crippen molar-refractivity contribution < 1.29 is 35.9 Å². The van der Waals surface area contributed by atoms with Crippen molar-refractivity contribution >= 4 is 17.8 Å². The zero-order valence-corrected chi connectivity index (χ0v) is 23.4. The zero-order valence-electron chi connectivity index (χ0n) is 23.4. The van der Waals surface area contributed by atoms with Gasteiger partial charge in [-0.2, -0.15) is 13.2 Å². The van der Waals surface area contributed by atoms with E-state index in [1.165, 1.54) is 18.0 Å². The minimum absolute atomic E-state index is 0.0449. The predicted octanol–water partition coefficient (Wildman–Crippen LogP) is 5.45. The maximum Gasteiger partial charge on any atom is 0.449 e. The van der Waals surface area contributed by atoms with E-state index in [-0.39, 0.29) is 55.4 Å². The van der Waals surface area contributed by atoms with E-state index in [4.69, 9.17) is 5.73 Å². The molecule has 3 rings (SSSR count). The second kappa shape index (κ2) is 14.4. The Bertz CT molecular complexity index is 1280. The molecule has 41 heavy (non-hydrogen) atoms. The number of hydrogen-bond acceptors (Lipinski definition) is 5. The minimum Gasteiger partial charge on any atom is -0.335 e. The number of aromatic nitrogens is 2. The highest BCUT2D eigenvalue weighted by Crippen LogP contribution is 2.37. The van der Waals surface area contributed by atoms with E-state index < -0.39 is 41.4 Å². The first-order valence-electron chi connectivity index (χ1n) is 12.9. The highest BCUT2D eigenvalue weighted by Gasteiger charge is 2.41. The van der Waals surface area contributed by atoms with Gasteiger partial charge in [0.2, 0.25) is 11.7 Å². The van der Waals surface area contributed by atoms with E-state index in [2.05, 4.69) is 10.7 Å². The number of nitrogens with zero attached hydrogens (tertiary/aromatic N) is 3. The van der Waals surface area contributed by atoms with Crippen molar-refractivity contribution in [3.63, 3.8) is 0 Å². The minimum atomic E-state index is -4.73. The third-order valence-corrected chi connectivity index (χ3v) is 6.34. The normalized spacial score (nSPS) is 19.3. The highest BCUT2D eigenvalue weighted by atomic mass is 19.4. The van der Waals surface area contributed by atoms with Crippen LogP contribution in [0.5, 0.6) is 0 Å². The van der Waals surface area contributed by atoms with Gasteiger partial charge in [0.1, 0.15) is 12.1 Å². The number of halogens is 6. The Balaban J connectivity index is 0.00000287. The molecule has 0 radical (unpaired) electrons. The van der Waals surface area contributed by atoms with Crippen LogP contribution in [0, 0.1) is 5.92 Å². The summed E-state index contributed by atoms with van der Waals surface area (Å²) < 4.78 is 83.4.